The molecule has 18 nitrogen and oxygen atoms in total. The number of carbonyl (C=O) groups excluding carboxylic acids is 3. The van der Waals surface area contributed by atoms with Crippen molar-refractivity contribution in [1.82, 2.24) is 30.2 Å². The zero-order valence-electron chi connectivity index (χ0n) is 42.9. The fourth-order valence-corrected chi connectivity index (χ4v) is 8.96. The summed E-state index contributed by atoms with van der Waals surface area (Å²) in [7, 11) is 0. The Bertz CT molecular complexity index is 2790. The van der Waals surface area contributed by atoms with Crippen molar-refractivity contribution in [1.29, 1.82) is 0 Å². The van der Waals surface area contributed by atoms with Gasteiger partial charge in [0, 0.05) is 90.4 Å². The number of amides is 3. The third-order valence-electron chi connectivity index (χ3n) is 12.8. The number of aromatic nitrogens is 4. The van der Waals surface area contributed by atoms with Crippen molar-refractivity contribution < 1.29 is 28.6 Å². The first-order chi connectivity index (χ1) is 35.5. The second kappa shape index (κ2) is 27.8. The van der Waals surface area contributed by atoms with E-state index in [1.165, 1.54) is 16.3 Å². The number of likely N-dealkylation sites (tertiary alicyclic amines) is 1. The molecule has 4 saturated heterocycles. The van der Waals surface area contributed by atoms with E-state index in [2.05, 4.69) is 80.6 Å². The quantitative estimate of drug-likeness (QED) is 0.0775. The molecule has 4 aliphatic heterocycles. The third-order valence-corrected chi connectivity index (χ3v) is 12.8. The van der Waals surface area contributed by atoms with Crippen LogP contribution in [0.5, 0.6) is 0 Å². The van der Waals surface area contributed by atoms with Gasteiger partial charge in [0.1, 0.15) is 11.6 Å². The summed E-state index contributed by atoms with van der Waals surface area (Å²) in [6.07, 6.45) is 6.30. The zero-order valence-corrected chi connectivity index (χ0v) is 45.4. The molecule has 2 atom stereocenters. The molecule has 404 valence electrons. The summed E-state index contributed by atoms with van der Waals surface area (Å²) in [6.45, 7) is 13.5. The Balaban J connectivity index is 0.000000241. The Labute approximate surface area is 462 Å². The Kier molecular flexibility index (Phi) is 21.4. The van der Waals surface area contributed by atoms with Crippen molar-refractivity contribution in [3.63, 3.8) is 0 Å². The van der Waals surface area contributed by atoms with Crippen LogP contribution >= 0.6 is 37.2 Å². The molecule has 0 spiro atoms. The predicted molar refractivity (Wildman–Crippen MR) is 306 cm³/mol. The minimum absolute atomic E-state index is 0. The number of hydrogen-bond donors (Lipinski definition) is 5. The van der Waals surface area contributed by atoms with E-state index in [-0.39, 0.29) is 55.1 Å². The van der Waals surface area contributed by atoms with Crippen LogP contribution in [0.2, 0.25) is 0 Å². The van der Waals surface area contributed by atoms with Gasteiger partial charge in [0.2, 0.25) is 23.7 Å². The highest BCUT2D eigenvalue weighted by Crippen LogP contribution is 2.28. The standard InChI is InChI=1S/C30H36N6O4.C25H28N6O2.3ClH/c1-30(2,3)40-29(38)36-16-4-5-26(36)27(37)32-22-8-6-21(7-9-22)25-14-15-31-28(34-25)33-23-10-12-24(13-11-23)35-17-19-39-20-18-35;32-24(23-2-1-12-26-23)28-19-5-3-18(4-6-19)22-11-13-27-25(30-22)29-20-7-9-21(10-8-20)31-14-16-33-17-15-31;;;/h6-15,26H,4-5,16-20H2,1-3H3,(H,32,37)(H,31,33,34);3-11,13,23,26H,1-2,12,14-17H2,(H,28,32)(H,27,29,30);3*1H/t26-;23-;;;/m11.../s1. The van der Waals surface area contributed by atoms with E-state index in [4.69, 9.17) is 14.2 Å². The molecule has 0 saturated carbocycles. The van der Waals surface area contributed by atoms with Gasteiger partial charge < -0.3 is 50.6 Å². The van der Waals surface area contributed by atoms with Crippen molar-refractivity contribution in [2.24, 2.45) is 0 Å². The minimum Gasteiger partial charge on any atom is -0.444 e. The summed E-state index contributed by atoms with van der Waals surface area (Å²) in [5, 5.41) is 15.7. The smallest absolute Gasteiger partial charge is 0.410 e. The van der Waals surface area contributed by atoms with Gasteiger partial charge in [-0.15, -0.1) is 37.2 Å². The average molecular weight is 1100 g/mol. The van der Waals surface area contributed by atoms with Crippen molar-refractivity contribution in [3.05, 3.63) is 122 Å². The van der Waals surface area contributed by atoms with Crippen LogP contribution in [0.4, 0.5) is 50.8 Å². The lowest BCUT2D eigenvalue weighted by molar-refractivity contribution is -0.120. The van der Waals surface area contributed by atoms with Crippen LogP contribution in [0.25, 0.3) is 22.5 Å². The monoisotopic (exact) mass is 1100 g/mol. The normalized spacial score (nSPS) is 17.1. The highest BCUT2D eigenvalue weighted by molar-refractivity contribution is 5.97. The SMILES string of the molecule is CC(C)(C)OC(=O)N1CCC[C@@H]1C(=O)Nc1ccc(-c2ccnc(Nc3ccc(N4CCOCC4)cc3)n2)cc1.Cl.Cl.Cl.O=C(Nc1ccc(-c2ccnc(Nc3ccc(N4CCOCC4)cc3)n2)cc1)[C@H]1CCCN1. The summed E-state index contributed by atoms with van der Waals surface area (Å²) in [5.41, 5.74) is 8.43. The van der Waals surface area contributed by atoms with Crippen LogP contribution < -0.4 is 36.4 Å². The Morgan fingerprint density at radius 3 is 1.45 bits per heavy atom. The molecule has 0 aliphatic carbocycles. The van der Waals surface area contributed by atoms with E-state index in [1.54, 1.807) is 12.4 Å². The molecule has 4 fully saturated rings. The van der Waals surface area contributed by atoms with Gasteiger partial charge in [-0.1, -0.05) is 24.3 Å². The van der Waals surface area contributed by atoms with Crippen molar-refractivity contribution in [2.45, 2.75) is 64.1 Å². The highest BCUT2D eigenvalue weighted by atomic mass is 35.5. The zero-order chi connectivity index (χ0) is 50.6. The topological polar surface area (TPSA) is 200 Å². The molecule has 3 amide bonds. The second-order valence-electron chi connectivity index (χ2n) is 19.2. The fourth-order valence-electron chi connectivity index (χ4n) is 8.96. The van der Waals surface area contributed by atoms with E-state index in [9.17, 15) is 14.4 Å². The van der Waals surface area contributed by atoms with E-state index in [1.807, 2.05) is 106 Å². The molecule has 4 aliphatic rings. The van der Waals surface area contributed by atoms with Gasteiger partial charge in [0.05, 0.1) is 43.9 Å². The molecule has 76 heavy (non-hydrogen) atoms. The number of nitrogens with one attached hydrogen (secondary N) is 5. The lowest BCUT2D eigenvalue weighted by Gasteiger charge is -2.28. The van der Waals surface area contributed by atoms with Crippen LogP contribution in [0.3, 0.4) is 0 Å². The lowest BCUT2D eigenvalue weighted by Crippen LogP contribution is -2.45. The first-order valence-corrected chi connectivity index (χ1v) is 25.1. The summed E-state index contributed by atoms with van der Waals surface area (Å²) in [4.78, 5) is 62.0. The molecule has 0 bridgehead atoms. The predicted octanol–water partition coefficient (Wildman–Crippen LogP) is 9.74. The summed E-state index contributed by atoms with van der Waals surface area (Å²) in [6, 6.07) is 34.8. The third kappa shape index (κ3) is 16.1. The molecule has 21 heteroatoms. The maximum atomic E-state index is 13.0. The van der Waals surface area contributed by atoms with E-state index < -0.39 is 17.7 Å². The average Bonchev–Trinajstić information content (AvgIpc) is 4.15. The Hall–Kier alpha value is -6.80. The van der Waals surface area contributed by atoms with Gasteiger partial charge in [0.15, 0.2) is 0 Å². The molecular formula is C55H67Cl3N12O6. The molecule has 10 rings (SSSR count). The number of hydrogen-bond acceptors (Lipinski definition) is 15. The summed E-state index contributed by atoms with van der Waals surface area (Å²) in [5.74, 6) is 0.839. The fraction of sp³-hybridized carbons (Fsp3) is 0.364. The molecular weight excluding hydrogens is 1030 g/mol. The van der Waals surface area contributed by atoms with Gasteiger partial charge in [0.25, 0.3) is 0 Å². The van der Waals surface area contributed by atoms with Crippen molar-refractivity contribution in [3.8, 4) is 22.5 Å². The van der Waals surface area contributed by atoms with Gasteiger partial charge in [-0.25, -0.2) is 24.7 Å². The van der Waals surface area contributed by atoms with Gasteiger partial charge in [-0.3, -0.25) is 14.5 Å². The van der Waals surface area contributed by atoms with Crippen LogP contribution in [0.1, 0.15) is 46.5 Å². The van der Waals surface area contributed by atoms with E-state index in [0.717, 1.165) is 118 Å². The van der Waals surface area contributed by atoms with Crippen molar-refractivity contribution in [2.75, 3.05) is 96.8 Å². The van der Waals surface area contributed by atoms with E-state index >= 15 is 0 Å². The maximum absolute atomic E-state index is 13.0. The van der Waals surface area contributed by atoms with Crippen LogP contribution in [-0.4, -0.2) is 126 Å². The van der Waals surface area contributed by atoms with Gasteiger partial charge in [-0.05, 0) is 138 Å². The number of benzene rings is 4. The molecule has 0 unspecified atom stereocenters. The van der Waals surface area contributed by atoms with Crippen LogP contribution in [-0.2, 0) is 23.8 Å². The molecule has 5 N–H and O–H groups in total. The number of halogens is 3. The molecule has 0 radical (unpaired) electrons. The number of morpholine rings is 2. The van der Waals surface area contributed by atoms with Crippen LogP contribution in [0.15, 0.2) is 122 Å². The first-order valence-electron chi connectivity index (χ1n) is 25.1. The minimum atomic E-state index is -0.611. The number of carbonyl (C=O) groups is 3. The molecule has 4 aromatic carbocycles. The molecule has 2 aromatic heterocycles. The highest BCUT2D eigenvalue weighted by Gasteiger charge is 2.36. The summed E-state index contributed by atoms with van der Waals surface area (Å²) < 4.78 is 16.3. The number of rotatable bonds is 12. The number of ether oxygens (including phenoxy) is 3. The lowest BCUT2D eigenvalue weighted by atomic mass is 10.1. The van der Waals surface area contributed by atoms with Crippen LogP contribution in [0, 0.1) is 0 Å². The Morgan fingerprint density at radius 2 is 1.01 bits per heavy atom. The van der Waals surface area contributed by atoms with Gasteiger partial charge >= 0.3 is 6.09 Å². The second-order valence-corrected chi connectivity index (χ2v) is 19.2. The Morgan fingerprint density at radius 1 is 0.566 bits per heavy atom. The van der Waals surface area contributed by atoms with Gasteiger partial charge in [-0.2, -0.15) is 0 Å². The first kappa shape index (κ1) is 58.5. The maximum Gasteiger partial charge on any atom is 0.410 e. The molecule has 6 heterocycles. The summed E-state index contributed by atoms with van der Waals surface area (Å²) >= 11 is 0. The van der Waals surface area contributed by atoms with E-state index in [0.29, 0.717) is 30.5 Å². The van der Waals surface area contributed by atoms with Crippen molar-refractivity contribution >= 4 is 101 Å². The molecule has 6 aromatic rings. The number of nitrogens with zero attached hydrogens (tertiary/aromatic N) is 7. The number of anilines is 8. The largest absolute Gasteiger partial charge is 0.444 e.